The number of carbonyl (C=O) groups is 1. The molecule has 9 atom stereocenters. The normalized spacial score (nSPS) is 55.4. The molecule has 0 radical (unpaired) electrons. The van der Waals surface area contributed by atoms with Crippen molar-refractivity contribution >= 4 is 5.78 Å². The van der Waals surface area contributed by atoms with Crippen molar-refractivity contribution in [3.05, 3.63) is 12.2 Å². The van der Waals surface area contributed by atoms with Crippen molar-refractivity contribution in [3.63, 3.8) is 0 Å². The van der Waals surface area contributed by atoms with Crippen molar-refractivity contribution in [2.45, 2.75) is 77.5 Å². The summed E-state index contributed by atoms with van der Waals surface area (Å²) in [5.41, 5.74) is -0.900. The standard InChI is InChI=1S/C22H32O5/c1-5-26-19-21-8-6-7-20(3,4)14(21)10-15(27-19)22-16(21)13(23)9-12(18(22)25)11(2)17(22)24/h12-16,18-19,23,25H,2,5-10H2,1,3-4H3/t12-,13-,14+,15-,16-,18+,19-,21-,22+/m0/s1. The van der Waals surface area contributed by atoms with Gasteiger partial charge in [0.15, 0.2) is 12.1 Å². The van der Waals surface area contributed by atoms with Gasteiger partial charge in [0.1, 0.15) is 0 Å². The van der Waals surface area contributed by atoms with E-state index >= 15 is 0 Å². The van der Waals surface area contributed by atoms with Gasteiger partial charge in [-0.15, -0.1) is 0 Å². The molecule has 4 aliphatic carbocycles. The molecule has 6 rings (SSSR count). The Morgan fingerprint density at radius 2 is 2.00 bits per heavy atom. The minimum Gasteiger partial charge on any atom is -0.393 e. The Hall–Kier alpha value is -0.750. The predicted octanol–water partition coefficient (Wildman–Crippen LogP) is 2.45. The number of aliphatic hydroxyl groups excluding tert-OH is 2. The molecule has 4 saturated carbocycles. The highest BCUT2D eigenvalue weighted by atomic mass is 16.7. The molecule has 27 heavy (non-hydrogen) atoms. The van der Waals surface area contributed by atoms with E-state index in [0.29, 0.717) is 24.5 Å². The molecule has 2 heterocycles. The second kappa shape index (κ2) is 5.44. The molecule has 0 aromatic rings. The topological polar surface area (TPSA) is 76.0 Å². The van der Waals surface area contributed by atoms with Gasteiger partial charge in [-0.25, -0.2) is 0 Å². The van der Waals surface area contributed by atoms with Crippen molar-refractivity contribution in [1.82, 2.24) is 0 Å². The van der Waals surface area contributed by atoms with Gasteiger partial charge < -0.3 is 19.7 Å². The molecule has 2 spiro atoms. The third-order valence-electron chi connectivity index (χ3n) is 9.03. The average molecular weight is 376 g/mol. The summed E-state index contributed by atoms with van der Waals surface area (Å²) >= 11 is 0. The van der Waals surface area contributed by atoms with Gasteiger partial charge in [-0.2, -0.15) is 0 Å². The highest BCUT2D eigenvalue weighted by Crippen LogP contribution is 2.75. The van der Waals surface area contributed by atoms with Gasteiger partial charge in [0, 0.05) is 23.9 Å². The monoisotopic (exact) mass is 376 g/mol. The van der Waals surface area contributed by atoms with Crippen molar-refractivity contribution in [3.8, 4) is 0 Å². The highest BCUT2D eigenvalue weighted by Gasteiger charge is 2.81. The lowest BCUT2D eigenvalue weighted by Crippen LogP contribution is -2.78. The number of carbonyl (C=O) groups excluding carboxylic acids is 1. The molecule has 6 aliphatic rings. The molecular formula is C22H32O5. The lowest BCUT2D eigenvalue weighted by atomic mass is 9.37. The van der Waals surface area contributed by atoms with E-state index in [1.807, 2.05) is 6.92 Å². The van der Waals surface area contributed by atoms with E-state index in [9.17, 15) is 15.0 Å². The van der Waals surface area contributed by atoms with Crippen LogP contribution in [0, 0.1) is 34.0 Å². The smallest absolute Gasteiger partial charge is 0.170 e. The lowest BCUT2D eigenvalue weighted by Gasteiger charge is -2.72. The molecule has 2 saturated heterocycles. The predicted molar refractivity (Wildman–Crippen MR) is 98.6 cm³/mol. The van der Waals surface area contributed by atoms with Gasteiger partial charge in [-0.1, -0.05) is 26.8 Å². The zero-order valence-electron chi connectivity index (χ0n) is 16.6. The van der Waals surface area contributed by atoms with E-state index in [1.165, 1.54) is 0 Å². The Labute approximate surface area is 161 Å². The molecule has 5 heteroatoms. The number of hydrogen-bond donors (Lipinski definition) is 2. The van der Waals surface area contributed by atoms with Gasteiger partial charge in [0.05, 0.1) is 23.7 Å². The molecule has 4 bridgehead atoms. The zero-order valence-corrected chi connectivity index (χ0v) is 16.6. The second-order valence-electron chi connectivity index (χ2n) is 10.3. The zero-order chi connectivity index (χ0) is 19.4. The van der Waals surface area contributed by atoms with Crippen LogP contribution in [-0.4, -0.2) is 47.2 Å². The van der Waals surface area contributed by atoms with E-state index in [4.69, 9.17) is 9.47 Å². The van der Waals surface area contributed by atoms with Crippen molar-refractivity contribution < 1.29 is 24.5 Å². The number of Topliss-reactive ketones (excluding diaryl/α,β-unsaturated/α-hetero) is 1. The summed E-state index contributed by atoms with van der Waals surface area (Å²) in [6.07, 6.45) is 1.93. The van der Waals surface area contributed by atoms with Crippen LogP contribution < -0.4 is 0 Å². The van der Waals surface area contributed by atoms with Gasteiger partial charge >= 0.3 is 0 Å². The molecule has 5 nitrogen and oxygen atoms in total. The summed E-state index contributed by atoms with van der Waals surface area (Å²) in [6.45, 7) is 11.1. The molecule has 150 valence electrons. The van der Waals surface area contributed by atoms with Gasteiger partial charge in [0.2, 0.25) is 0 Å². The van der Waals surface area contributed by atoms with E-state index in [-0.39, 0.29) is 23.0 Å². The largest absolute Gasteiger partial charge is 0.393 e. The molecule has 2 aliphatic heterocycles. The Morgan fingerprint density at radius 1 is 1.26 bits per heavy atom. The minimum absolute atomic E-state index is 0.0669. The maximum Gasteiger partial charge on any atom is 0.170 e. The number of hydrogen-bond acceptors (Lipinski definition) is 5. The molecule has 0 aromatic heterocycles. The number of ether oxygens (including phenoxy) is 2. The van der Waals surface area contributed by atoms with Crippen molar-refractivity contribution in [2.24, 2.45) is 34.0 Å². The first-order valence-corrected chi connectivity index (χ1v) is 10.6. The maximum atomic E-state index is 13.5. The summed E-state index contributed by atoms with van der Waals surface area (Å²) in [5, 5.41) is 22.6. The maximum absolute atomic E-state index is 13.5. The summed E-state index contributed by atoms with van der Waals surface area (Å²) in [6, 6.07) is 0. The average Bonchev–Trinajstić information content (AvgIpc) is 2.73. The van der Waals surface area contributed by atoms with Crippen LogP contribution in [-0.2, 0) is 14.3 Å². The fourth-order valence-electron chi connectivity index (χ4n) is 8.22. The quantitative estimate of drug-likeness (QED) is 0.724. The Kier molecular flexibility index (Phi) is 3.68. The molecule has 0 amide bonds. The summed E-state index contributed by atoms with van der Waals surface area (Å²) in [5.74, 6) is -0.423. The first kappa shape index (κ1) is 18.3. The molecular weight excluding hydrogens is 344 g/mol. The number of ketones is 1. The van der Waals surface area contributed by atoms with Crippen molar-refractivity contribution in [2.75, 3.05) is 6.61 Å². The molecule has 0 unspecified atom stereocenters. The first-order valence-electron chi connectivity index (χ1n) is 10.6. The van der Waals surface area contributed by atoms with Crippen LogP contribution in [0.5, 0.6) is 0 Å². The highest BCUT2D eigenvalue weighted by molar-refractivity contribution is 6.04. The van der Waals surface area contributed by atoms with E-state index in [1.54, 1.807) is 0 Å². The lowest BCUT2D eigenvalue weighted by molar-refractivity contribution is -0.401. The molecule has 2 N–H and O–H groups in total. The minimum atomic E-state index is -1.04. The summed E-state index contributed by atoms with van der Waals surface area (Å²) in [7, 11) is 0. The number of aliphatic hydroxyl groups is 2. The van der Waals surface area contributed by atoms with Crippen LogP contribution in [0.2, 0.25) is 0 Å². The molecule has 0 aromatic carbocycles. The number of fused-ring (bicyclic) bond motifs is 2. The second-order valence-corrected chi connectivity index (χ2v) is 10.3. The first-order chi connectivity index (χ1) is 12.7. The third kappa shape index (κ3) is 1.83. The van der Waals surface area contributed by atoms with Gasteiger partial charge in [0.25, 0.3) is 0 Å². The summed E-state index contributed by atoms with van der Waals surface area (Å²) in [4.78, 5) is 13.5. The molecule has 6 fully saturated rings. The summed E-state index contributed by atoms with van der Waals surface area (Å²) < 4.78 is 12.6. The van der Waals surface area contributed by atoms with Crippen LogP contribution in [0.3, 0.4) is 0 Å². The van der Waals surface area contributed by atoms with Crippen molar-refractivity contribution in [1.29, 1.82) is 0 Å². The van der Waals surface area contributed by atoms with Gasteiger partial charge in [-0.3, -0.25) is 4.79 Å². The van der Waals surface area contributed by atoms with Crippen LogP contribution in [0.15, 0.2) is 12.2 Å². The third-order valence-corrected chi connectivity index (χ3v) is 9.03. The van der Waals surface area contributed by atoms with Crippen LogP contribution in [0.25, 0.3) is 0 Å². The Morgan fingerprint density at radius 3 is 2.70 bits per heavy atom. The van der Waals surface area contributed by atoms with Crippen LogP contribution in [0.4, 0.5) is 0 Å². The van der Waals surface area contributed by atoms with E-state index < -0.39 is 35.4 Å². The SMILES string of the molecule is C=C1C(=O)[C@@]23[C@@H]4C[C@@H]5C(C)(C)CCC[C@@]5([C@@H](OCC)O4)[C@@H]2[C@@H](O)C[C@@H]1[C@H]3O. The fraction of sp³-hybridized carbons (Fsp3) is 0.864. The Bertz CT molecular complexity index is 701. The van der Waals surface area contributed by atoms with Crippen LogP contribution in [0.1, 0.15) is 52.9 Å². The van der Waals surface area contributed by atoms with Crippen LogP contribution >= 0.6 is 0 Å². The number of rotatable bonds is 2. The van der Waals surface area contributed by atoms with E-state index in [0.717, 1.165) is 25.7 Å². The fourth-order valence-corrected chi connectivity index (χ4v) is 8.22. The van der Waals surface area contributed by atoms with E-state index in [2.05, 4.69) is 20.4 Å². The Balaban J connectivity index is 1.74. The van der Waals surface area contributed by atoms with Gasteiger partial charge in [-0.05, 0) is 49.5 Å².